The second kappa shape index (κ2) is 8.54. The molecule has 0 aromatic heterocycles. The summed E-state index contributed by atoms with van der Waals surface area (Å²) < 4.78 is 66.3. The molecule has 3 rings (SSSR count). The predicted molar refractivity (Wildman–Crippen MR) is 110 cm³/mol. The number of rotatable bonds is 6. The summed E-state index contributed by atoms with van der Waals surface area (Å²) in [7, 11) is -9.51. The van der Waals surface area contributed by atoms with Crippen molar-refractivity contribution in [3.05, 3.63) is 67.8 Å². The molecule has 1 saturated carbocycles. The summed E-state index contributed by atoms with van der Waals surface area (Å²) in [4.78, 5) is 20.2. The molecule has 12 nitrogen and oxygen atoms in total. The van der Waals surface area contributed by atoms with Crippen molar-refractivity contribution in [3.8, 4) is 0 Å². The first-order valence-electron chi connectivity index (χ1n) is 9.32. The molecule has 0 bridgehead atoms. The Balaban J connectivity index is 2.03. The first-order valence-corrected chi connectivity index (χ1v) is 12.2. The van der Waals surface area contributed by atoms with Gasteiger partial charge in [-0.15, -0.1) is 0 Å². The highest BCUT2D eigenvalue weighted by Crippen LogP contribution is 2.47. The van der Waals surface area contributed by atoms with Crippen molar-refractivity contribution in [2.45, 2.75) is 47.3 Å². The Morgan fingerprint density at radius 1 is 0.688 bits per heavy atom. The summed E-state index contributed by atoms with van der Waals surface area (Å²) in [6.45, 7) is 0. The molecule has 0 amide bonds. The Labute approximate surface area is 182 Å². The third kappa shape index (κ3) is 4.62. The molecule has 0 atom stereocenters. The van der Waals surface area contributed by atoms with Crippen LogP contribution in [-0.2, 0) is 20.2 Å². The van der Waals surface area contributed by atoms with Crippen molar-refractivity contribution in [1.82, 2.24) is 0 Å². The maximum atomic E-state index is 11.8. The third-order valence-electron chi connectivity index (χ3n) is 5.58. The molecule has 0 saturated heterocycles. The van der Waals surface area contributed by atoms with Crippen LogP contribution in [0.2, 0.25) is 0 Å². The standard InChI is InChI=1S/C18H18N2O10S2/c21-19(22)13-3-1-5-15(31(25,26)27)17(13)11-7-9-12(10-8-11)18-14(20(23)24)4-2-6-16(18)32(28,29)30/h1-6,11-12H,7-10H2,(H,25,26,27)(H,28,29,30). The van der Waals surface area contributed by atoms with Crippen LogP contribution in [0.15, 0.2) is 46.2 Å². The van der Waals surface area contributed by atoms with Gasteiger partial charge in [-0.25, -0.2) is 0 Å². The zero-order chi connectivity index (χ0) is 23.8. The number of nitro groups is 2. The third-order valence-corrected chi connectivity index (χ3v) is 7.40. The molecule has 32 heavy (non-hydrogen) atoms. The lowest BCUT2D eigenvalue weighted by molar-refractivity contribution is -0.386. The van der Waals surface area contributed by atoms with Crippen LogP contribution in [-0.4, -0.2) is 35.8 Å². The van der Waals surface area contributed by atoms with E-state index in [1.165, 1.54) is 0 Å². The minimum atomic E-state index is -4.75. The average Bonchev–Trinajstić information content (AvgIpc) is 2.71. The number of nitrogens with zero attached hydrogens (tertiary/aromatic N) is 2. The Morgan fingerprint density at radius 2 is 1.00 bits per heavy atom. The Hall–Kier alpha value is -2.94. The van der Waals surface area contributed by atoms with Crippen LogP contribution in [0.1, 0.15) is 48.6 Å². The molecule has 2 N–H and O–H groups in total. The number of benzene rings is 2. The normalized spacial score (nSPS) is 19.4. The van der Waals surface area contributed by atoms with Gasteiger partial charge in [-0.1, -0.05) is 12.1 Å². The summed E-state index contributed by atoms with van der Waals surface area (Å²) >= 11 is 0. The topological polar surface area (TPSA) is 195 Å². The Morgan fingerprint density at radius 3 is 1.25 bits per heavy atom. The minimum absolute atomic E-state index is 0.134. The van der Waals surface area contributed by atoms with Crippen LogP contribution in [0.3, 0.4) is 0 Å². The molecule has 1 fully saturated rings. The average molecular weight is 486 g/mol. The van der Waals surface area contributed by atoms with Gasteiger partial charge in [0.05, 0.1) is 21.0 Å². The second-order valence-corrected chi connectivity index (χ2v) is 10.2. The highest BCUT2D eigenvalue weighted by molar-refractivity contribution is 7.86. The van der Waals surface area contributed by atoms with Crippen LogP contribution < -0.4 is 0 Å². The van der Waals surface area contributed by atoms with Crippen LogP contribution >= 0.6 is 0 Å². The highest BCUT2D eigenvalue weighted by atomic mass is 32.2. The molecule has 0 aliphatic heterocycles. The van der Waals surface area contributed by atoms with Crippen molar-refractivity contribution in [2.75, 3.05) is 0 Å². The molecule has 1 aliphatic rings. The largest absolute Gasteiger partial charge is 0.295 e. The van der Waals surface area contributed by atoms with E-state index in [2.05, 4.69) is 0 Å². The van der Waals surface area contributed by atoms with Crippen LogP contribution in [0.4, 0.5) is 11.4 Å². The molecule has 0 spiro atoms. The SMILES string of the molecule is O=[N+]([O-])c1cccc(S(=O)(=O)O)c1C1CCC(c2c([N+](=O)[O-])cccc2S(=O)(=O)O)CC1. The lowest BCUT2D eigenvalue weighted by atomic mass is 9.75. The van der Waals surface area contributed by atoms with Crippen molar-refractivity contribution in [1.29, 1.82) is 0 Å². The molecule has 2 aromatic carbocycles. The number of hydrogen-bond acceptors (Lipinski definition) is 8. The van der Waals surface area contributed by atoms with Gasteiger partial charge in [-0.05, 0) is 49.7 Å². The monoisotopic (exact) mass is 486 g/mol. The lowest BCUT2D eigenvalue weighted by Crippen LogP contribution is -2.18. The molecule has 14 heteroatoms. The van der Waals surface area contributed by atoms with E-state index >= 15 is 0 Å². The second-order valence-electron chi connectivity index (χ2n) is 7.39. The van der Waals surface area contributed by atoms with Crippen molar-refractivity contribution >= 4 is 31.6 Å². The van der Waals surface area contributed by atoms with Gasteiger partial charge >= 0.3 is 0 Å². The highest BCUT2D eigenvalue weighted by Gasteiger charge is 2.37. The molecule has 1 aliphatic carbocycles. The van der Waals surface area contributed by atoms with E-state index in [-0.39, 0.29) is 36.8 Å². The fourth-order valence-electron chi connectivity index (χ4n) is 4.32. The fraction of sp³-hybridized carbons (Fsp3) is 0.333. The van der Waals surface area contributed by atoms with Gasteiger partial charge < -0.3 is 0 Å². The van der Waals surface area contributed by atoms with Gasteiger partial charge in [-0.3, -0.25) is 29.3 Å². The molecule has 2 aromatic rings. The van der Waals surface area contributed by atoms with E-state index in [4.69, 9.17) is 0 Å². The van der Waals surface area contributed by atoms with Crippen LogP contribution in [0.25, 0.3) is 0 Å². The van der Waals surface area contributed by atoms with E-state index in [0.717, 1.165) is 36.4 Å². The van der Waals surface area contributed by atoms with E-state index in [0.29, 0.717) is 0 Å². The zero-order valence-corrected chi connectivity index (χ0v) is 18.0. The predicted octanol–water partition coefficient (Wildman–Crippen LogP) is 3.44. The molecule has 0 heterocycles. The zero-order valence-electron chi connectivity index (χ0n) is 16.3. The first kappa shape index (κ1) is 23.7. The quantitative estimate of drug-likeness (QED) is 0.347. The number of hydrogen-bond donors (Lipinski definition) is 2. The van der Waals surface area contributed by atoms with Gasteiger partial charge in [0.2, 0.25) is 0 Å². The number of nitro benzene ring substituents is 2. The van der Waals surface area contributed by atoms with Gasteiger partial charge in [0, 0.05) is 12.1 Å². The summed E-state index contributed by atoms with van der Waals surface area (Å²) in [6, 6.07) is 6.64. The van der Waals surface area contributed by atoms with Gasteiger partial charge in [0.1, 0.15) is 9.79 Å². The molecule has 0 radical (unpaired) electrons. The fourth-order valence-corrected chi connectivity index (χ4v) is 5.92. The first-order chi connectivity index (χ1) is 14.8. The lowest BCUT2D eigenvalue weighted by Gasteiger charge is -2.30. The van der Waals surface area contributed by atoms with E-state index in [9.17, 15) is 46.2 Å². The van der Waals surface area contributed by atoms with Crippen LogP contribution in [0, 0.1) is 20.2 Å². The molecular weight excluding hydrogens is 468 g/mol. The summed E-state index contributed by atoms with van der Waals surface area (Å²) in [5.41, 5.74) is -1.27. The molecular formula is C18H18N2O10S2. The molecule has 0 unspecified atom stereocenters. The summed E-state index contributed by atoms with van der Waals surface area (Å²) in [5, 5.41) is 22.9. The summed E-state index contributed by atoms with van der Waals surface area (Å²) in [5.74, 6) is -1.33. The van der Waals surface area contributed by atoms with Gasteiger partial charge in [0.25, 0.3) is 31.6 Å². The minimum Gasteiger partial charge on any atom is -0.282 e. The molecule has 172 valence electrons. The van der Waals surface area contributed by atoms with Crippen molar-refractivity contribution in [3.63, 3.8) is 0 Å². The Kier molecular flexibility index (Phi) is 6.33. The van der Waals surface area contributed by atoms with Crippen molar-refractivity contribution < 1.29 is 35.8 Å². The van der Waals surface area contributed by atoms with Gasteiger partial charge in [-0.2, -0.15) is 16.8 Å². The van der Waals surface area contributed by atoms with Crippen LogP contribution in [0.5, 0.6) is 0 Å². The maximum Gasteiger partial charge on any atom is 0.295 e. The smallest absolute Gasteiger partial charge is 0.282 e. The van der Waals surface area contributed by atoms with Crippen molar-refractivity contribution in [2.24, 2.45) is 0 Å². The van der Waals surface area contributed by atoms with E-state index < -0.39 is 63.1 Å². The van der Waals surface area contributed by atoms with E-state index in [1.54, 1.807) is 0 Å². The van der Waals surface area contributed by atoms with E-state index in [1.807, 2.05) is 0 Å². The van der Waals surface area contributed by atoms with Gasteiger partial charge in [0.15, 0.2) is 0 Å². The Bertz CT molecular complexity index is 1200. The maximum absolute atomic E-state index is 11.8. The summed E-state index contributed by atoms with van der Waals surface area (Å²) in [6.07, 6.45) is 0.536.